The van der Waals surface area contributed by atoms with Gasteiger partial charge >= 0.3 is 0 Å². The molecule has 0 radical (unpaired) electrons. The highest BCUT2D eigenvalue weighted by Gasteiger charge is 2.21. The van der Waals surface area contributed by atoms with Gasteiger partial charge in [-0.25, -0.2) is 0 Å². The van der Waals surface area contributed by atoms with Crippen molar-refractivity contribution in [2.75, 3.05) is 0 Å². The minimum absolute atomic E-state index is 0.237. The molecular formula is C13H17BrN4S. The fourth-order valence-corrected chi connectivity index (χ4v) is 4.00. The molecule has 4 nitrogen and oxygen atoms in total. The molecule has 2 aromatic heterocycles. The molecule has 1 aliphatic heterocycles. The number of hydrogen-bond donors (Lipinski definition) is 1. The van der Waals surface area contributed by atoms with Crippen LogP contribution in [0, 0.1) is 6.92 Å². The van der Waals surface area contributed by atoms with Crippen LogP contribution in [0.5, 0.6) is 0 Å². The molecule has 1 atom stereocenters. The molecule has 2 aromatic rings. The van der Waals surface area contributed by atoms with Gasteiger partial charge in [-0.3, -0.25) is 0 Å². The number of halogens is 1. The van der Waals surface area contributed by atoms with Gasteiger partial charge in [0.05, 0.1) is 6.04 Å². The van der Waals surface area contributed by atoms with E-state index in [-0.39, 0.29) is 6.04 Å². The number of rotatable bonds is 4. The number of nitrogens with zero attached hydrogens (tertiary/aromatic N) is 3. The van der Waals surface area contributed by atoms with Crippen LogP contribution >= 0.6 is 27.3 Å². The number of thiophene rings is 1. The Bertz CT molecular complexity index is 570. The molecule has 19 heavy (non-hydrogen) atoms. The third-order valence-corrected chi connectivity index (χ3v) is 5.65. The molecule has 3 rings (SSSR count). The zero-order chi connectivity index (χ0) is 13.4. The van der Waals surface area contributed by atoms with Gasteiger partial charge in [0.1, 0.15) is 11.6 Å². The van der Waals surface area contributed by atoms with Crippen LogP contribution in [0.1, 0.15) is 40.8 Å². The SMILES string of the molecule is Cc1sc(CNC(C)c2nnc3n2CCC3)cc1Br. The van der Waals surface area contributed by atoms with Gasteiger partial charge in [0, 0.05) is 33.7 Å². The van der Waals surface area contributed by atoms with Crippen molar-refractivity contribution in [3.63, 3.8) is 0 Å². The average Bonchev–Trinajstić information content (AvgIpc) is 3.03. The van der Waals surface area contributed by atoms with E-state index in [4.69, 9.17) is 0 Å². The molecule has 102 valence electrons. The summed E-state index contributed by atoms with van der Waals surface area (Å²) in [6, 6.07) is 2.43. The Morgan fingerprint density at radius 3 is 3.11 bits per heavy atom. The molecule has 0 saturated heterocycles. The van der Waals surface area contributed by atoms with E-state index in [9.17, 15) is 0 Å². The quantitative estimate of drug-likeness (QED) is 0.929. The summed E-state index contributed by atoms with van der Waals surface area (Å²) >= 11 is 5.39. The Morgan fingerprint density at radius 2 is 2.37 bits per heavy atom. The molecular weight excluding hydrogens is 324 g/mol. The summed E-state index contributed by atoms with van der Waals surface area (Å²) in [5.74, 6) is 2.21. The molecule has 0 fully saturated rings. The molecule has 1 unspecified atom stereocenters. The Balaban J connectivity index is 1.66. The van der Waals surface area contributed by atoms with E-state index in [0.717, 1.165) is 31.2 Å². The van der Waals surface area contributed by atoms with Gasteiger partial charge in [-0.1, -0.05) is 0 Å². The fourth-order valence-electron chi connectivity index (χ4n) is 2.44. The van der Waals surface area contributed by atoms with E-state index in [0.29, 0.717) is 0 Å². The second-order valence-electron chi connectivity index (χ2n) is 4.95. The number of fused-ring (bicyclic) bond motifs is 1. The highest BCUT2D eigenvalue weighted by Crippen LogP contribution is 2.27. The van der Waals surface area contributed by atoms with Crippen LogP contribution in [-0.4, -0.2) is 14.8 Å². The standard InChI is InChI=1S/C13H17BrN4S/c1-8(13-17-16-12-4-3-5-18(12)13)15-7-10-6-11(14)9(2)19-10/h6,8,15H,3-5,7H2,1-2H3. The molecule has 1 N–H and O–H groups in total. The minimum Gasteiger partial charge on any atom is -0.314 e. The monoisotopic (exact) mass is 340 g/mol. The van der Waals surface area contributed by atoms with Crippen LogP contribution in [0.4, 0.5) is 0 Å². The highest BCUT2D eigenvalue weighted by molar-refractivity contribution is 9.10. The van der Waals surface area contributed by atoms with Crippen LogP contribution in [0.25, 0.3) is 0 Å². The zero-order valence-electron chi connectivity index (χ0n) is 11.1. The maximum atomic E-state index is 4.32. The van der Waals surface area contributed by atoms with Gasteiger partial charge < -0.3 is 9.88 Å². The third-order valence-electron chi connectivity index (χ3n) is 3.52. The molecule has 0 saturated carbocycles. The summed E-state index contributed by atoms with van der Waals surface area (Å²) in [7, 11) is 0. The summed E-state index contributed by atoms with van der Waals surface area (Å²) in [6.45, 7) is 6.23. The van der Waals surface area contributed by atoms with Crippen molar-refractivity contribution in [3.05, 3.63) is 31.9 Å². The van der Waals surface area contributed by atoms with Gasteiger partial charge in [0.2, 0.25) is 0 Å². The van der Waals surface area contributed by atoms with Crippen LogP contribution in [-0.2, 0) is 19.5 Å². The lowest BCUT2D eigenvalue weighted by Gasteiger charge is -2.13. The predicted molar refractivity (Wildman–Crippen MR) is 80.4 cm³/mol. The van der Waals surface area contributed by atoms with Crippen LogP contribution in [0.15, 0.2) is 10.5 Å². The molecule has 0 aromatic carbocycles. The second kappa shape index (κ2) is 5.34. The van der Waals surface area contributed by atoms with Crippen molar-refractivity contribution in [1.82, 2.24) is 20.1 Å². The van der Waals surface area contributed by atoms with E-state index in [2.05, 4.69) is 55.9 Å². The first-order chi connectivity index (χ1) is 9.15. The summed E-state index contributed by atoms with van der Waals surface area (Å²) in [4.78, 5) is 2.67. The number of hydrogen-bond acceptors (Lipinski definition) is 4. The normalized spacial score (nSPS) is 15.7. The average molecular weight is 341 g/mol. The molecule has 3 heterocycles. The fraction of sp³-hybridized carbons (Fsp3) is 0.538. The van der Waals surface area contributed by atoms with Gasteiger partial charge in [0.15, 0.2) is 0 Å². The van der Waals surface area contributed by atoms with E-state index in [1.54, 1.807) is 0 Å². The molecule has 0 bridgehead atoms. The van der Waals surface area contributed by atoms with Crippen LogP contribution in [0.3, 0.4) is 0 Å². The number of aromatic nitrogens is 3. The first-order valence-electron chi connectivity index (χ1n) is 6.55. The van der Waals surface area contributed by atoms with Crippen molar-refractivity contribution < 1.29 is 0 Å². The van der Waals surface area contributed by atoms with Crippen molar-refractivity contribution in [2.24, 2.45) is 0 Å². The summed E-state index contributed by atoms with van der Waals surface area (Å²) < 4.78 is 3.46. The highest BCUT2D eigenvalue weighted by atomic mass is 79.9. The summed E-state index contributed by atoms with van der Waals surface area (Å²) in [5, 5.41) is 12.1. The van der Waals surface area contributed by atoms with Gasteiger partial charge in [-0.15, -0.1) is 21.5 Å². The van der Waals surface area contributed by atoms with Gasteiger partial charge in [-0.2, -0.15) is 0 Å². The Morgan fingerprint density at radius 1 is 1.53 bits per heavy atom. The van der Waals surface area contributed by atoms with Crippen molar-refractivity contribution in [1.29, 1.82) is 0 Å². The number of nitrogens with one attached hydrogen (secondary N) is 1. The topological polar surface area (TPSA) is 42.7 Å². The first-order valence-corrected chi connectivity index (χ1v) is 8.16. The van der Waals surface area contributed by atoms with E-state index in [1.807, 2.05) is 11.3 Å². The van der Waals surface area contributed by atoms with Gasteiger partial charge in [-0.05, 0) is 42.3 Å². The van der Waals surface area contributed by atoms with E-state index < -0.39 is 0 Å². The molecule has 0 amide bonds. The Hall–Kier alpha value is -0.720. The van der Waals surface area contributed by atoms with Crippen LogP contribution in [0.2, 0.25) is 0 Å². The Kier molecular flexibility index (Phi) is 3.73. The lowest BCUT2D eigenvalue weighted by Crippen LogP contribution is -2.21. The molecule has 6 heteroatoms. The largest absolute Gasteiger partial charge is 0.314 e. The maximum absolute atomic E-state index is 4.32. The minimum atomic E-state index is 0.237. The first kappa shape index (κ1) is 13.3. The lowest BCUT2D eigenvalue weighted by molar-refractivity contribution is 0.518. The Labute approximate surface area is 125 Å². The van der Waals surface area contributed by atoms with Crippen molar-refractivity contribution in [2.45, 2.75) is 45.8 Å². The molecule has 0 aliphatic carbocycles. The van der Waals surface area contributed by atoms with Gasteiger partial charge in [0.25, 0.3) is 0 Å². The van der Waals surface area contributed by atoms with Crippen molar-refractivity contribution >= 4 is 27.3 Å². The molecule has 1 aliphatic rings. The summed E-state index contributed by atoms with van der Waals surface area (Å²) in [6.07, 6.45) is 2.26. The zero-order valence-corrected chi connectivity index (χ0v) is 13.5. The summed E-state index contributed by atoms with van der Waals surface area (Å²) in [5.41, 5.74) is 0. The van der Waals surface area contributed by atoms with E-state index in [1.165, 1.54) is 20.6 Å². The van der Waals surface area contributed by atoms with Crippen molar-refractivity contribution in [3.8, 4) is 0 Å². The number of aryl methyl sites for hydroxylation is 2. The second-order valence-corrected chi connectivity index (χ2v) is 7.14. The maximum Gasteiger partial charge on any atom is 0.149 e. The third kappa shape index (κ3) is 2.61. The van der Waals surface area contributed by atoms with Crippen LogP contribution < -0.4 is 5.32 Å². The lowest BCUT2D eigenvalue weighted by atomic mass is 10.3. The smallest absolute Gasteiger partial charge is 0.149 e. The molecule has 0 spiro atoms. The van der Waals surface area contributed by atoms with E-state index >= 15 is 0 Å². The predicted octanol–water partition coefficient (Wildman–Crippen LogP) is 3.21.